The summed E-state index contributed by atoms with van der Waals surface area (Å²) in [7, 11) is 0. The molecular weight excluding hydrogens is 283 g/mol. The molecule has 1 rings (SSSR count). The number of halogens is 3. The molecule has 0 radical (unpaired) electrons. The summed E-state index contributed by atoms with van der Waals surface area (Å²) in [5.74, 6) is -0.856. The maximum atomic E-state index is 13.0. The first-order valence-electron chi connectivity index (χ1n) is 6.80. The van der Waals surface area contributed by atoms with Crippen LogP contribution in [0.4, 0.5) is 13.2 Å². The fraction of sp³-hybridized carbons (Fsp3) is 0.533. The normalized spacial score (nSPS) is 13.3. The number of amides is 1. The third kappa shape index (κ3) is 5.04. The summed E-state index contributed by atoms with van der Waals surface area (Å²) in [6, 6.07) is 3.62. The van der Waals surface area contributed by atoms with Gasteiger partial charge in [-0.1, -0.05) is 19.9 Å². The van der Waals surface area contributed by atoms with Crippen LogP contribution in [0.15, 0.2) is 18.2 Å². The van der Waals surface area contributed by atoms with Crippen molar-refractivity contribution in [2.45, 2.75) is 45.4 Å². The molecule has 118 valence electrons. The largest absolute Gasteiger partial charge is 0.416 e. The first kappa shape index (κ1) is 17.5. The Morgan fingerprint density at radius 2 is 1.90 bits per heavy atom. The molecular formula is C15H20F3NO2. The average molecular weight is 303 g/mol. The minimum absolute atomic E-state index is 0.0303. The zero-order valence-electron chi connectivity index (χ0n) is 12.3. The molecule has 6 heteroatoms. The number of rotatable bonds is 5. The molecule has 0 spiro atoms. The van der Waals surface area contributed by atoms with E-state index in [1.807, 2.05) is 0 Å². The van der Waals surface area contributed by atoms with Crippen LogP contribution >= 0.6 is 0 Å². The van der Waals surface area contributed by atoms with Gasteiger partial charge in [-0.15, -0.1) is 0 Å². The lowest BCUT2D eigenvalue weighted by Crippen LogP contribution is -2.27. The maximum absolute atomic E-state index is 13.0. The van der Waals surface area contributed by atoms with Gasteiger partial charge in [0.15, 0.2) is 0 Å². The molecule has 1 aromatic carbocycles. The Morgan fingerprint density at radius 1 is 1.29 bits per heavy atom. The van der Waals surface area contributed by atoms with Gasteiger partial charge in [0.05, 0.1) is 11.7 Å². The molecule has 0 saturated heterocycles. The molecule has 1 atom stereocenters. The van der Waals surface area contributed by atoms with Gasteiger partial charge in [0, 0.05) is 12.1 Å². The summed E-state index contributed by atoms with van der Waals surface area (Å²) in [5, 5.41) is 11.6. The second-order valence-electron chi connectivity index (χ2n) is 5.35. The van der Waals surface area contributed by atoms with Crippen LogP contribution in [0.2, 0.25) is 0 Å². The molecule has 0 aliphatic heterocycles. The van der Waals surface area contributed by atoms with Gasteiger partial charge in [0.25, 0.3) is 5.91 Å². The minimum atomic E-state index is -4.49. The van der Waals surface area contributed by atoms with E-state index < -0.39 is 23.8 Å². The monoisotopic (exact) mass is 303 g/mol. The van der Waals surface area contributed by atoms with E-state index in [9.17, 15) is 18.0 Å². The molecule has 1 amide bonds. The van der Waals surface area contributed by atoms with Crippen molar-refractivity contribution in [3.8, 4) is 0 Å². The van der Waals surface area contributed by atoms with Gasteiger partial charge < -0.3 is 10.4 Å². The summed E-state index contributed by atoms with van der Waals surface area (Å²) >= 11 is 0. The van der Waals surface area contributed by atoms with E-state index in [2.05, 4.69) is 5.32 Å². The van der Waals surface area contributed by atoms with Crippen molar-refractivity contribution in [1.29, 1.82) is 0 Å². The fourth-order valence-electron chi connectivity index (χ4n) is 1.94. The summed E-state index contributed by atoms with van der Waals surface area (Å²) in [5.41, 5.74) is -0.638. The van der Waals surface area contributed by atoms with E-state index in [-0.39, 0.29) is 23.6 Å². The van der Waals surface area contributed by atoms with Crippen molar-refractivity contribution in [2.24, 2.45) is 0 Å². The summed E-state index contributed by atoms with van der Waals surface area (Å²) in [4.78, 5) is 11.8. The lowest BCUT2D eigenvalue weighted by Gasteiger charge is -2.17. The highest BCUT2D eigenvalue weighted by Gasteiger charge is 2.34. The molecule has 0 aliphatic rings. The Hall–Kier alpha value is -1.56. The van der Waals surface area contributed by atoms with Crippen LogP contribution in [0.5, 0.6) is 0 Å². The Morgan fingerprint density at radius 3 is 2.38 bits per heavy atom. The van der Waals surface area contributed by atoms with Crippen molar-refractivity contribution < 1.29 is 23.1 Å². The van der Waals surface area contributed by atoms with Crippen molar-refractivity contribution in [1.82, 2.24) is 5.32 Å². The van der Waals surface area contributed by atoms with Gasteiger partial charge in [-0.25, -0.2) is 0 Å². The number of benzene rings is 1. The van der Waals surface area contributed by atoms with Gasteiger partial charge in [-0.3, -0.25) is 4.79 Å². The number of hydrogen-bond donors (Lipinski definition) is 2. The van der Waals surface area contributed by atoms with Crippen LogP contribution < -0.4 is 5.32 Å². The number of hydrogen-bond acceptors (Lipinski definition) is 2. The smallest absolute Gasteiger partial charge is 0.393 e. The van der Waals surface area contributed by atoms with Crippen molar-refractivity contribution in [3.63, 3.8) is 0 Å². The second kappa shape index (κ2) is 6.93. The van der Waals surface area contributed by atoms with Crippen molar-refractivity contribution in [3.05, 3.63) is 34.9 Å². The van der Waals surface area contributed by atoms with Gasteiger partial charge >= 0.3 is 6.18 Å². The van der Waals surface area contributed by atoms with Crippen LogP contribution in [0.3, 0.4) is 0 Å². The van der Waals surface area contributed by atoms with Crippen LogP contribution in [0, 0.1) is 0 Å². The number of carbonyl (C=O) groups is 1. The third-order valence-electron chi connectivity index (χ3n) is 3.09. The van der Waals surface area contributed by atoms with Gasteiger partial charge in [-0.2, -0.15) is 13.2 Å². The van der Waals surface area contributed by atoms with Gasteiger partial charge in [-0.05, 0) is 37.0 Å². The highest BCUT2D eigenvalue weighted by atomic mass is 19.4. The molecule has 3 nitrogen and oxygen atoms in total. The summed E-state index contributed by atoms with van der Waals surface area (Å²) in [6.07, 6.45) is -4.71. The van der Waals surface area contributed by atoms with Gasteiger partial charge in [0.1, 0.15) is 0 Å². The fourth-order valence-corrected chi connectivity index (χ4v) is 1.94. The molecule has 21 heavy (non-hydrogen) atoms. The zero-order chi connectivity index (χ0) is 16.2. The lowest BCUT2D eigenvalue weighted by molar-refractivity contribution is -0.138. The molecule has 0 aromatic heterocycles. The first-order chi connectivity index (χ1) is 9.62. The maximum Gasteiger partial charge on any atom is 0.416 e. The topological polar surface area (TPSA) is 49.3 Å². The molecule has 1 aromatic rings. The molecule has 0 fully saturated rings. The number of aliphatic hydroxyl groups excluding tert-OH is 1. The molecule has 1 unspecified atom stereocenters. The Kier molecular flexibility index (Phi) is 5.78. The van der Waals surface area contributed by atoms with E-state index in [0.29, 0.717) is 6.42 Å². The lowest BCUT2D eigenvalue weighted by atomic mass is 9.94. The van der Waals surface area contributed by atoms with E-state index in [1.54, 1.807) is 20.8 Å². The van der Waals surface area contributed by atoms with E-state index in [4.69, 9.17) is 5.11 Å². The van der Waals surface area contributed by atoms with E-state index in [1.165, 1.54) is 12.1 Å². The van der Waals surface area contributed by atoms with E-state index in [0.717, 1.165) is 6.07 Å². The highest BCUT2D eigenvalue weighted by molar-refractivity contribution is 5.94. The van der Waals surface area contributed by atoms with Gasteiger partial charge in [0.2, 0.25) is 0 Å². The predicted octanol–water partition coefficient (Wildman–Crippen LogP) is 3.33. The number of nitrogens with one attached hydrogen (secondary N) is 1. The Labute approximate surface area is 122 Å². The van der Waals surface area contributed by atoms with Crippen LogP contribution in [0.1, 0.15) is 54.6 Å². The second-order valence-corrected chi connectivity index (χ2v) is 5.35. The SMILES string of the molecule is CC(O)CCNC(=O)c1ccc(C(C)C)c(C(F)(F)F)c1. The van der Waals surface area contributed by atoms with E-state index >= 15 is 0 Å². The molecule has 0 saturated carbocycles. The standard InChI is InChI=1S/C15H20F3NO2/c1-9(2)12-5-4-11(8-13(12)15(16,17)18)14(21)19-7-6-10(3)20/h4-5,8-10,20H,6-7H2,1-3H3,(H,19,21). The predicted molar refractivity (Wildman–Crippen MR) is 74.2 cm³/mol. The van der Waals surface area contributed by atoms with Crippen molar-refractivity contribution in [2.75, 3.05) is 6.54 Å². The quantitative estimate of drug-likeness (QED) is 0.876. The summed E-state index contributed by atoms with van der Waals surface area (Å²) < 4.78 is 39.1. The third-order valence-corrected chi connectivity index (χ3v) is 3.09. The summed E-state index contributed by atoms with van der Waals surface area (Å²) in [6.45, 7) is 5.13. The van der Waals surface area contributed by atoms with Crippen molar-refractivity contribution >= 4 is 5.91 Å². The van der Waals surface area contributed by atoms with Crippen LogP contribution in [-0.2, 0) is 6.18 Å². The number of carbonyl (C=O) groups excluding carboxylic acids is 1. The zero-order valence-corrected chi connectivity index (χ0v) is 12.3. The highest BCUT2D eigenvalue weighted by Crippen LogP contribution is 2.35. The molecule has 0 heterocycles. The average Bonchev–Trinajstić information content (AvgIpc) is 2.36. The molecule has 0 bridgehead atoms. The first-order valence-corrected chi connectivity index (χ1v) is 6.80. The van der Waals surface area contributed by atoms with Crippen LogP contribution in [-0.4, -0.2) is 23.7 Å². The number of alkyl halides is 3. The molecule has 0 aliphatic carbocycles. The van der Waals surface area contributed by atoms with Crippen LogP contribution in [0.25, 0.3) is 0 Å². The minimum Gasteiger partial charge on any atom is -0.393 e. The Bertz CT molecular complexity index is 496. The number of aliphatic hydroxyl groups is 1. The Balaban J connectivity index is 2.97. The molecule has 2 N–H and O–H groups in total.